The van der Waals surface area contributed by atoms with Crippen molar-refractivity contribution in [2.45, 2.75) is 12.2 Å². The number of aliphatic hydroxyl groups excluding tert-OH is 2. The fourth-order valence-corrected chi connectivity index (χ4v) is 1.63. The Bertz CT molecular complexity index is 446. The van der Waals surface area contributed by atoms with E-state index in [1.807, 2.05) is 0 Å². The van der Waals surface area contributed by atoms with Crippen LogP contribution in [0.1, 0.15) is 10.6 Å². The molecular weight excluding hydrogens is 232 g/mol. The van der Waals surface area contributed by atoms with Gasteiger partial charge in [0.1, 0.15) is 4.92 Å². The molecule has 1 aliphatic rings. The Kier molecular flexibility index (Phi) is 2.82. The summed E-state index contributed by atoms with van der Waals surface area (Å²) in [5.41, 5.74) is 0. The summed E-state index contributed by atoms with van der Waals surface area (Å²) in [6.45, 7) is -0.0387. The van der Waals surface area contributed by atoms with Crippen LogP contribution in [0.3, 0.4) is 0 Å². The molecule has 1 aromatic rings. The fraction of sp³-hybridized carbons (Fsp3) is 0.444. The molecule has 8 nitrogen and oxygen atoms in total. The summed E-state index contributed by atoms with van der Waals surface area (Å²) in [6.07, 6.45) is -1.99. The largest absolute Gasteiger partial charge is 0.433 e. The molecule has 1 amide bonds. The molecule has 1 aromatic heterocycles. The topological polar surface area (TPSA) is 117 Å². The van der Waals surface area contributed by atoms with Crippen LogP contribution < -0.4 is 0 Å². The second kappa shape index (κ2) is 4.15. The molecular formula is C9H10N2O6. The van der Waals surface area contributed by atoms with Crippen molar-refractivity contribution in [3.63, 3.8) is 0 Å². The molecule has 2 atom stereocenters. The number of likely N-dealkylation sites (tertiary alicyclic amines) is 1. The lowest BCUT2D eigenvalue weighted by Gasteiger charge is -2.12. The predicted molar refractivity (Wildman–Crippen MR) is 53.3 cm³/mol. The second-order valence-corrected chi connectivity index (χ2v) is 3.74. The zero-order chi connectivity index (χ0) is 12.6. The van der Waals surface area contributed by atoms with Gasteiger partial charge in [0.15, 0.2) is 5.76 Å². The zero-order valence-corrected chi connectivity index (χ0v) is 8.65. The first-order valence-corrected chi connectivity index (χ1v) is 4.88. The van der Waals surface area contributed by atoms with Crippen molar-refractivity contribution in [2.24, 2.45) is 0 Å². The van der Waals surface area contributed by atoms with Crippen LogP contribution in [0.15, 0.2) is 16.5 Å². The number of carbonyl (C=O) groups is 1. The maximum atomic E-state index is 11.8. The quantitative estimate of drug-likeness (QED) is 0.526. The number of hydrogen-bond acceptors (Lipinski definition) is 6. The lowest BCUT2D eigenvalue weighted by molar-refractivity contribution is -0.402. The van der Waals surface area contributed by atoms with E-state index in [1.165, 1.54) is 11.0 Å². The number of β-amino-alcohol motifs (C(OH)–C–C–N with tert-alkyl or cyclic N) is 2. The molecule has 0 radical (unpaired) electrons. The highest BCUT2D eigenvalue weighted by Crippen LogP contribution is 2.19. The Morgan fingerprint density at radius 1 is 1.41 bits per heavy atom. The van der Waals surface area contributed by atoms with Crippen molar-refractivity contribution < 1.29 is 24.3 Å². The van der Waals surface area contributed by atoms with Crippen molar-refractivity contribution in [1.82, 2.24) is 4.90 Å². The third-order valence-corrected chi connectivity index (χ3v) is 2.53. The highest BCUT2D eigenvalue weighted by molar-refractivity contribution is 5.92. The van der Waals surface area contributed by atoms with Gasteiger partial charge in [0, 0.05) is 13.1 Å². The molecule has 0 aliphatic carbocycles. The van der Waals surface area contributed by atoms with Crippen molar-refractivity contribution in [3.05, 3.63) is 28.0 Å². The summed E-state index contributed by atoms with van der Waals surface area (Å²) < 4.78 is 4.74. The van der Waals surface area contributed by atoms with Gasteiger partial charge >= 0.3 is 5.88 Å². The molecule has 2 heterocycles. The summed E-state index contributed by atoms with van der Waals surface area (Å²) >= 11 is 0. The average Bonchev–Trinajstić information content (AvgIpc) is 2.86. The monoisotopic (exact) mass is 242 g/mol. The number of aliphatic hydroxyl groups is 2. The van der Waals surface area contributed by atoms with E-state index in [1.54, 1.807) is 0 Å². The number of hydrogen-bond donors (Lipinski definition) is 2. The molecule has 2 unspecified atom stereocenters. The van der Waals surface area contributed by atoms with E-state index in [2.05, 4.69) is 0 Å². The first-order chi connectivity index (χ1) is 7.99. The van der Waals surface area contributed by atoms with Crippen LogP contribution in [-0.4, -0.2) is 51.2 Å². The van der Waals surface area contributed by atoms with Gasteiger partial charge in [-0.05, 0) is 6.07 Å². The van der Waals surface area contributed by atoms with Gasteiger partial charge in [-0.2, -0.15) is 0 Å². The molecule has 8 heteroatoms. The smallest absolute Gasteiger partial charge is 0.395 e. The van der Waals surface area contributed by atoms with E-state index in [0.717, 1.165) is 6.07 Å². The number of nitrogens with zero attached hydrogens (tertiary/aromatic N) is 2. The maximum absolute atomic E-state index is 11.8. The Hall–Kier alpha value is -1.93. The Morgan fingerprint density at radius 2 is 2.00 bits per heavy atom. The van der Waals surface area contributed by atoms with Gasteiger partial charge in [-0.3, -0.25) is 14.9 Å². The van der Waals surface area contributed by atoms with Gasteiger partial charge in [-0.25, -0.2) is 0 Å². The lowest BCUT2D eigenvalue weighted by Crippen LogP contribution is -2.29. The molecule has 1 fully saturated rings. The van der Waals surface area contributed by atoms with E-state index in [9.17, 15) is 25.1 Å². The molecule has 17 heavy (non-hydrogen) atoms. The van der Waals surface area contributed by atoms with E-state index in [4.69, 9.17) is 4.42 Å². The normalized spacial score (nSPS) is 24.0. The van der Waals surface area contributed by atoms with E-state index in [0.29, 0.717) is 0 Å². The van der Waals surface area contributed by atoms with Gasteiger partial charge < -0.3 is 19.5 Å². The van der Waals surface area contributed by atoms with Gasteiger partial charge in [0.2, 0.25) is 0 Å². The number of furan rings is 1. The minimum atomic E-state index is -0.996. The molecule has 2 rings (SSSR count). The van der Waals surface area contributed by atoms with Gasteiger partial charge in [0.25, 0.3) is 5.91 Å². The SMILES string of the molecule is O=C(c1ccc([N+](=O)[O-])o1)N1CC(O)C(O)C1. The third-order valence-electron chi connectivity index (χ3n) is 2.53. The summed E-state index contributed by atoms with van der Waals surface area (Å²) in [7, 11) is 0. The average molecular weight is 242 g/mol. The van der Waals surface area contributed by atoms with Crippen LogP contribution in [0, 0.1) is 10.1 Å². The molecule has 92 valence electrons. The number of amides is 1. The minimum Gasteiger partial charge on any atom is -0.395 e. The van der Waals surface area contributed by atoms with E-state index < -0.39 is 28.9 Å². The lowest BCUT2D eigenvalue weighted by atomic mass is 10.3. The van der Waals surface area contributed by atoms with Crippen LogP contribution in [0.2, 0.25) is 0 Å². The van der Waals surface area contributed by atoms with Crippen LogP contribution in [0.4, 0.5) is 5.88 Å². The highest BCUT2D eigenvalue weighted by Gasteiger charge is 2.34. The van der Waals surface area contributed by atoms with Crippen LogP contribution in [-0.2, 0) is 0 Å². The van der Waals surface area contributed by atoms with Crippen molar-refractivity contribution in [2.75, 3.05) is 13.1 Å². The summed E-state index contributed by atoms with van der Waals surface area (Å²) in [5.74, 6) is -1.29. The van der Waals surface area contributed by atoms with Crippen molar-refractivity contribution >= 4 is 11.8 Å². The molecule has 0 spiro atoms. The standard InChI is InChI=1S/C9H10N2O6/c12-5-3-10(4-6(5)13)9(14)7-1-2-8(17-7)11(15)16/h1-2,5-6,12-13H,3-4H2. The molecule has 0 saturated carbocycles. The number of rotatable bonds is 2. The van der Waals surface area contributed by atoms with Crippen molar-refractivity contribution in [1.29, 1.82) is 0 Å². The van der Waals surface area contributed by atoms with Gasteiger partial charge in [-0.15, -0.1) is 0 Å². The van der Waals surface area contributed by atoms with Crippen LogP contribution in [0.5, 0.6) is 0 Å². The highest BCUT2D eigenvalue weighted by atomic mass is 16.6. The minimum absolute atomic E-state index is 0.0193. The summed E-state index contributed by atoms with van der Waals surface area (Å²) in [6, 6.07) is 2.27. The van der Waals surface area contributed by atoms with Crippen LogP contribution >= 0.6 is 0 Å². The first-order valence-electron chi connectivity index (χ1n) is 4.88. The third kappa shape index (κ3) is 2.12. The second-order valence-electron chi connectivity index (χ2n) is 3.74. The number of carbonyl (C=O) groups excluding carboxylic acids is 1. The Labute approximate surface area is 95.2 Å². The molecule has 2 N–H and O–H groups in total. The van der Waals surface area contributed by atoms with Crippen LogP contribution in [0.25, 0.3) is 0 Å². The molecule has 1 saturated heterocycles. The van der Waals surface area contributed by atoms with E-state index in [-0.39, 0.29) is 18.8 Å². The predicted octanol–water partition coefficient (Wildman–Crippen LogP) is -0.635. The van der Waals surface area contributed by atoms with E-state index >= 15 is 0 Å². The molecule has 0 aromatic carbocycles. The van der Waals surface area contributed by atoms with Crippen molar-refractivity contribution in [3.8, 4) is 0 Å². The fourth-order valence-electron chi connectivity index (χ4n) is 1.63. The zero-order valence-electron chi connectivity index (χ0n) is 8.65. The first kappa shape index (κ1) is 11.6. The summed E-state index contributed by atoms with van der Waals surface area (Å²) in [5, 5.41) is 28.9. The maximum Gasteiger partial charge on any atom is 0.433 e. The molecule has 0 bridgehead atoms. The Morgan fingerprint density at radius 3 is 2.47 bits per heavy atom. The Balaban J connectivity index is 2.12. The summed E-state index contributed by atoms with van der Waals surface area (Å²) in [4.78, 5) is 22.6. The molecule has 1 aliphatic heterocycles. The van der Waals surface area contributed by atoms with Gasteiger partial charge in [0.05, 0.1) is 18.3 Å². The van der Waals surface area contributed by atoms with Gasteiger partial charge in [-0.1, -0.05) is 0 Å². The number of nitro groups is 1.